The Morgan fingerprint density at radius 1 is 1.05 bits per heavy atom. The van der Waals surface area contributed by atoms with Crippen molar-refractivity contribution in [1.82, 2.24) is 4.90 Å². The standard InChI is InChI=1S/C16H15N3O/c20-16-14-11-6-2-3-7-12(11)18-15(14)13(10-17-16)19-8-4-1-5-9-19/h2-3,6-7,10H,1,4-5,8-9H2. The van der Waals surface area contributed by atoms with Gasteiger partial charge in [0, 0.05) is 18.3 Å². The second-order valence-corrected chi connectivity index (χ2v) is 5.35. The summed E-state index contributed by atoms with van der Waals surface area (Å²) in [7, 11) is 0. The van der Waals surface area contributed by atoms with Crippen LogP contribution in [-0.2, 0) is 4.79 Å². The van der Waals surface area contributed by atoms with Crippen LogP contribution in [-0.4, -0.2) is 30.1 Å². The highest BCUT2D eigenvalue weighted by atomic mass is 16.1. The number of nitrogens with zero attached hydrogens (tertiary/aromatic N) is 3. The van der Waals surface area contributed by atoms with E-state index in [0.29, 0.717) is 5.57 Å². The minimum absolute atomic E-state index is 0.172. The molecule has 4 rings (SSSR count). The number of carbonyl (C=O) groups is 1. The SMILES string of the molecule is O=C1N=CC(N2CCCCC2)=C2N=c3ccccc3=C12. The normalized spacial score (nSPS) is 20.9. The van der Waals surface area contributed by atoms with Crippen LogP contribution in [0.3, 0.4) is 0 Å². The van der Waals surface area contributed by atoms with Crippen LogP contribution in [0.4, 0.5) is 0 Å². The third-order valence-electron chi connectivity index (χ3n) is 4.10. The first-order chi connectivity index (χ1) is 9.84. The summed E-state index contributed by atoms with van der Waals surface area (Å²) in [5.41, 5.74) is 2.49. The molecule has 3 aliphatic heterocycles. The smallest absolute Gasteiger partial charge is 0.279 e. The first-order valence-corrected chi connectivity index (χ1v) is 7.11. The van der Waals surface area contributed by atoms with Gasteiger partial charge in [-0.3, -0.25) is 4.79 Å². The predicted octanol–water partition coefficient (Wildman–Crippen LogP) is 0.779. The molecule has 1 saturated heterocycles. The third-order valence-corrected chi connectivity index (χ3v) is 4.10. The number of amides is 1. The molecule has 0 N–H and O–H groups in total. The van der Waals surface area contributed by atoms with Crippen molar-refractivity contribution in [2.24, 2.45) is 9.98 Å². The molecule has 20 heavy (non-hydrogen) atoms. The summed E-state index contributed by atoms with van der Waals surface area (Å²) in [6, 6.07) is 7.80. The molecule has 4 heteroatoms. The molecule has 3 aliphatic rings. The van der Waals surface area contributed by atoms with Gasteiger partial charge in [0.25, 0.3) is 5.91 Å². The van der Waals surface area contributed by atoms with Crippen LogP contribution in [0.15, 0.2) is 45.6 Å². The average molecular weight is 265 g/mol. The van der Waals surface area contributed by atoms with E-state index in [2.05, 4.69) is 14.9 Å². The molecule has 0 aromatic heterocycles. The van der Waals surface area contributed by atoms with Gasteiger partial charge in [0.1, 0.15) is 5.70 Å². The highest BCUT2D eigenvalue weighted by Crippen LogP contribution is 2.26. The number of hydrogen-bond acceptors (Lipinski definition) is 3. The Morgan fingerprint density at radius 3 is 2.70 bits per heavy atom. The van der Waals surface area contributed by atoms with E-state index in [1.54, 1.807) is 6.21 Å². The lowest BCUT2D eigenvalue weighted by molar-refractivity contribution is -0.112. The number of carbonyl (C=O) groups excluding carboxylic acids is 1. The van der Waals surface area contributed by atoms with Crippen LogP contribution in [0, 0.1) is 0 Å². The summed E-state index contributed by atoms with van der Waals surface area (Å²) in [6.45, 7) is 2.05. The lowest BCUT2D eigenvalue weighted by Crippen LogP contribution is -2.32. The quantitative estimate of drug-likeness (QED) is 0.753. The van der Waals surface area contributed by atoms with Crippen molar-refractivity contribution >= 4 is 17.7 Å². The molecule has 1 aromatic carbocycles. The van der Waals surface area contributed by atoms with Gasteiger partial charge in [0.05, 0.1) is 22.8 Å². The number of piperidine rings is 1. The Labute approximate surface area is 116 Å². The Kier molecular flexibility index (Phi) is 2.55. The Balaban J connectivity index is 1.93. The number of fused-ring (bicyclic) bond motifs is 2. The molecule has 0 atom stereocenters. The highest BCUT2D eigenvalue weighted by molar-refractivity contribution is 6.25. The molecule has 4 nitrogen and oxygen atoms in total. The maximum Gasteiger partial charge on any atom is 0.279 e. The van der Waals surface area contributed by atoms with Crippen molar-refractivity contribution in [3.63, 3.8) is 0 Å². The van der Waals surface area contributed by atoms with E-state index in [9.17, 15) is 4.79 Å². The number of aliphatic imine (C=N–C) groups is 1. The van der Waals surface area contributed by atoms with E-state index < -0.39 is 0 Å². The van der Waals surface area contributed by atoms with Crippen molar-refractivity contribution in [3.05, 3.63) is 46.2 Å². The molecule has 3 heterocycles. The molecule has 0 radical (unpaired) electrons. The Morgan fingerprint density at radius 2 is 1.85 bits per heavy atom. The average Bonchev–Trinajstić information content (AvgIpc) is 2.88. The molecular weight excluding hydrogens is 250 g/mol. The highest BCUT2D eigenvalue weighted by Gasteiger charge is 2.28. The van der Waals surface area contributed by atoms with Crippen LogP contribution in [0.2, 0.25) is 0 Å². The summed E-state index contributed by atoms with van der Waals surface area (Å²) >= 11 is 0. The van der Waals surface area contributed by atoms with Gasteiger partial charge < -0.3 is 4.90 Å². The number of hydrogen-bond donors (Lipinski definition) is 0. The number of dihydropyridines is 1. The van der Waals surface area contributed by atoms with Crippen LogP contribution in [0.25, 0.3) is 5.57 Å². The fourth-order valence-electron chi connectivity index (χ4n) is 3.10. The second-order valence-electron chi connectivity index (χ2n) is 5.35. The summed E-state index contributed by atoms with van der Waals surface area (Å²) in [4.78, 5) is 23.2. The fraction of sp³-hybridized carbons (Fsp3) is 0.312. The van der Waals surface area contributed by atoms with Gasteiger partial charge >= 0.3 is 0 Å². The van der Waals surface area contributed by atoms with E-state index >= 15 is 0 Å². The largest absolute Gasteiger partial charge is 0.369 e. The molecular formula is C16H15N3O. The van der Waals surface area contributed by atoms with Crippen molar-refractivity contribution < 1.29 is 4.79 Å². The zero-order chi connectivity index (χ0) is 13.5. The summed E-state index contributed by atoms with van der Waals surface area (Å²) in [5, 5.41) is 1.80. The van der Waals surface area contributed by atoms with Crippen LogP contribution in [0.5, 0.6) is 0 Å². The van der Waals surface area contributed by atoms with Crippen LogP contribution < -0.4 is 10.6 Å². The zero-order valence-electron chi connectivity index (χ0n) is 11.2. The number of likely N-dealkylation sites (tertiary alicyclic amines) is 1. The molecule has 0 bridgehead atoms. The van der Waals surface area contributed by atoms with Gasteiger partial charge in [-0.15, -0.1) is 0 Å². The van der Waals surface area contributed by atoms with Crippen molar-refractivity contribution in [3.8, 4) is 0 Å². The molecule has 100 valence electrons. The first kappa shape index (κ1) is 11.6. The lowest BCUT2D eigenvalue weighted by Gasteiger charge is -2.31. The minimum atomic E-state index is -0.172. The van der Waals surface area contributed by atoms with E-state index in [-0.39, 0.29) is 5.91 Å². The monoisotopic (exact) mass is 265 g/mol. The molecule has 0 saturated carbocycles. The van der Waals surface area contributed by atoms with E-state index in [1.807, 2.05) is 24.3 Å². The minimum Gasteiger partial charge on any atom is -0.369 e. The predicted molar refractivity (Wildman–Crippen MR) is 76.6 cm³/mol. The van der Waals surface area contributed by atoms with Crippen LogP contribution >= 0.6 is 0 Å². The molecule has 1 aromatic rings. The van der Waals surface area contributed by atoms with Gasteiger partial charge in [0.2, 0.25) is 0 Å². The molecule has 1 amide bonds. The number of para-hydroxylation sites is 1. The lowest BCUT2D eigenvalue weighted by atomic mass is 10.0. The summed E-state index contributed by atoms with van der Waals surface area (Å²) in [5.74, 6) is -0.172. The van der Waals surface area contributed by atoms with Gasteiger partial charge in [-0.2, -0.15) is 0 Å². The van der Waals surface area contributed by atoms with E-state index in [0.717, 1.165) is 35.1 Å². The molecule has 0 unspecified atom stereocenters. The molecule has 0 aliphatic carbocycles. The maximum atomic E-state index is 12.1. The first-order valence-electron chi connectivity index (χ1n) is 7.11. The van der Waals surface area contributed by atoms with E-state index in [4.69, 9.17) is 0 Å². The Hall–Kier alpha value is -2.23. The van der Waals surface area contributed by atoms with Gasteiger partial charge in [0.15, 0.2) is 0 Å². The van der Waals surface area contributed by atoms with Gasteiger partial charge in [-0.1, -0.05) is 18.2 Å². The van der Waals surface area contributed by atoms with Crippen molar-refractivity contribution in [2.75, 3.05) is 13.1 Å². The number of benzene rings is 1. The third kappa shape index (κ3) is 1.64. The number of rotatable bonds is 1. The maximum absolute atomic E-state index is 12.1. The van der Waals surface area contributed by atoms with Gasteiger partial charge in [-0.05, 0) is 25.3 Å². The van der Waals surface area contributed by atoms with Crippen LogP contribution in [0.1, 0.15) is 19.3 Å². The summed E-state index contributed by atoms with van der Waals surface area (Å²) < 4.78 is 0. The van der Waals surface area contributed by atoms with Crippen molar-refractivity contribution in [2.45, 2.75) is 19.3 Å². The molecule has 1 fully saturated rings. The Bertz CT molecular complexity index is 767. The fourth-order valence-corrected chi connectivity index (χ4v) is 3.10. The number of allylic oxidation sites excluding steroid dienone is 1. The zero-order valence-corrected chi connectivity index (χ0v) is 11.2. The van der Waals surface area contributed by atoms with E-state index in [1.165, 1.54) is 19.3 Å². The van der Waals surface area contributed by atoms with Gasteiger partial charge in [-0.25, -0.2) is 9.98 Å². The van der Waals surface area contributed by atoms with Crippen molar-refractivity contribution in [1.29, 1.82) is 0 Å². The topological polar surface area (TPSA) is 45.0 Å². The molecule has 0 spiro atoms. The second kappa shape index (κ2) is 4.40. The summed E-state index contributed by atoms with van der Waals surface area (Å²) in [6.07, 6.45) is 5.37.